The van der Waals surface area contributed by atoms with Gasteiger partial charge in [0.25, 0.3) is 0 Å². The summed E-state index contributed by atoms with van der Waals surface area (Å²) in [7, 11) is 3.80. The maximum absolute atomic E-state index is 5.48. The molecule has 0 radical (unpaired) electrons. The van der Waals surface area contributed by atoms with E-state index in [-0.39, 0.29) is 0 Å². The predicted molar refractivity (Wildman–Crippen MR) is 72.0 cm³/mol. The van der Waals surface area contributed by atoms with Crippen molar-refractivity contribution in [1.29, 1.82) is 0 Å². The van der Waals surface area contributed by atoms with Crippen molar-refractivity contribution in [2.75, 3.05) is 32.1 Å². The van der Waals surface area contributed by atoms with Crippen LogP contribution in [0.5, 0.6) is 5.75 Å². The zero-order valence-corrected chi connectivity index (χ0v) is 11.0. The van der Waals surface area contributed by atoms with Gasteiger partial charge in [0.2, 0.25) is 0 Å². The van der Waals surface area contributed by atoms with Gasteiger partial charge in [-0.1, -0.05) is 6.07 Å². The van der Waals surface area contributed by atoms with Gasteiger partial charge >= 0.3 is 0 Å². The molecule has 1 aromatic rings. The van der Waals surface area contributed by atoms with Crippen molar-refractivity contribution in [1.82, 2.24) is 5.32 Å². The van der Waals surface area contributed by atoms with E-state index in [0.29, 0.717) is 6.04 Å². The molecule has 2 rings (SSSR count). The molecule has 1 aliphatic rings. The highest BCUT2D eigenvalue weighted by molar-refractivity contribution is 5.60. The molecule has 0 spiro atoms. The number of ether oxygens (including phenoxy) is 1. The van der Waals surface area contributed by atoms with Gasteiger partial charge < -0.3 is 15.0 Å². The summed E-state index contributed by atoms with van der Waals surface area (Å²) in [5.74, 6) is 0.993. The van der Waals surface area contributed by atoms with Crippen molar-refractivity contribution in [3.63, 3.8) is 0 Å². The Kier molecular flexibility index (Phi) is 3.89. The second-order valence-corrected chi connectivity index (χ2v) is 4.73. The average molecular weight is 234 g/mol. The van der Waals surface area contributed by atoms with Crippen molar-refractivity contribution in [3.05, 3.63) is 23.8 Å². The molecule has 3 heteroatoms. The highest BCUT2D eigenvalue weighted by Gasteiger charge is 2.20. The number of nitrogens with zero attached hydrogens (tertiary/aromatic N) is 1. The van der Waals surface area contributed by atoms with Crippen LogP contribution in [0, 0.1) is 6.92 Å². The number of hydrogen-bond donors (Lipinski definition) is 1. The van der Waals surface area contributed by atoms with Gasteiger partial charge in [0.05, 0.1) is 12.8 Å². The monoisotopic (exact) mass is 234 g/mol. The maximum atomic E-state index is 5.48. The van der Waals surface area contributed by atoms with Crippen LogP contribution in [0.4, 0.5) is 5.69 Å². The minimum absolute atomic E-state index is 0.669. The molecule has 0 amide bonds. The van der Waals surface area contributed by atoms with Crippen LogP contribution in [0.2, 0.25) is 0 Å². The first-order valence-corrected chi connectivity index (χ1v) is 6.31. The van der Waals surface area contributed by atoms with Crippen LogP contribution in [-0.4, -0.2) is 33.3 Å². The molecule has 0 bridgehead atoms. The van der Waals surface area contributed by atoms with Crippen molar-refractivity contribution in [2.24, 2.45) is 0 Å². The normalized spacial score (nSPS) is 17.2. The minimum Gasteiger partial charge on any atom is -0.495 e. The maximum Gasteiger partial charge on any atom is 0.142 e. The van der Waals surface area contributed by atoms with Crippen LogP contribution in [0.3, 0.4) is 0 Å². The largest absolute Gasteiger partial charge is 0.495 e. The number of hydrogen-bond acceptors (Lipinski definition) is 3. The average Bonchev–Trinajstić information content (AvgIpc) is 2.39. The lowest BCUT2D eigenvalue weighted by Gasteiger charge is -2.34. The fourth-order valence-corrected chi connectivity index (χ4v) is 2.46. The summed E-state index contributed by atoms with van der Waals surface area (Å²) in [5, 5.41) is 3.36. The second kappa shape index (κ2) is 5.41. The van der Waals surface area contributed by atoms with E-state index in [9.17, 15) is 0 Å². The molecule has 1 aliphatic heterocycles. The number of anilines is 1. The Morgan fingerprint density at radius 3 is 2.59 bits per heavy atom. The first-order chi connectivity index (χ1) is 8.24. The van der Waals surface area contributed by atoms with E-state index in [1.165, 1.54) is 24.1 Å². The number of methoxy groups -OCH3 is 1. The van der Waals surface area contributed by atoms with Crippen molar-refractivity contribution >= 4 is 5.69 Å². The van der Waals surface area contributed by atoms with E-state index >= 15 is 0 Å². The predicted octanol–water partition coefficient (Wildman–Crippen LogP) is 2.19. The van der Waals surface area contributed by atoms with Crippen molar-refractivity contribution < 1.29 is 4.74 Å². The van der Waals surface area contributed by atoms with Crippen LogP contribution in [0.15, 0.2) is 18.2 Å². The second-order valence-electron chi connectivity index (χ2n) is 4.73. The fraction of sp³-hybridized carbons (Fsp3) is 0.571. The van der Waals surface area contributed by atoms with E-state index in [4.69, 9.17) is 4.74 Å². The summed E-state index contributed by atoms with van der Waals surface area (Å²) < 4.78 is 5.48. The Morgan fingerprint density at radius 2 is 2.00 bits per heavy atom. The van der Waals surface area contributed by atoms with Crippen molar-refractivity contribution in [3.8, 4) is 5.75 Å². The van der Waals surface area contributed by atoms with E-state index in [1.54, 1.807) is 7.11 Å². The molecule has 1 saturated heterocycles. The van der Waals surface area contributed by atoms with Gasteiger partial charge in [0.1, 0.15) is 5.75 Å². The van der Waals surface area contributed by atoms with Gasteiger partial charge in [-0.25, -0.2) is 0 Å². The Hall–Kier alpha value is -1.22. The standard InChI is InChI=1S/C14H22N2O/c1-11-4-5-13(14(10-11)17-3)16-8-6-12(15-2)7-9-16/h4-5,10,12,15H,6-9H2,1-3H3. The molecule has 94 valence electrons. The third-order valence-corrected chi connectivity index (χ3v) is 3.58. The van der Waals surface area contributed by atoms with E-state index in [2.05, 4.69) is 35.3 Å². The number of nitrogens with one attached hydrogen (secondary N) is 1. The van der Waals surface area contributed by atoms with E-state index in [0.717, 1.165) is 18.8 Å². The molecule has 17 heavy (non-hydrogen) atoms. The van der Waals surface area contributed by atoms with E-state index < -0.39 is 0 Å². The summed E-state index contributed by atoms with van der Waals surface area (Å²) >= 11 is 0. The Bertz CT molecular complexity index is 370. The molecular weight excluding hydrogens is 212 g/mol. The fourth-order valence-electron chi connectivity index (χ4n) is 2.46. The molecule has 1 N–H and O–H groups in total. The summed E-state index contributed by atoms with van der Waals surface area (Å²) in [6, 6.07) is 7.11. The lowest BCUT2D eigenvalue weighted by molar-refractivity contribution is 0.405. The highest BCUT2D eigenvalue weighted by Crippen LogP contribution is 2.31. The van der Waals surface area contributed by atoms with Gasteiger partial charge in [-0.3, -0.25) is 0 Å². The minimum atomic E-state index is 0.669. The molecule has 0 aromatic heterocycles. The van der Waals surface area contributed by atoms with Crippen LogP contribution in [0.1, 0.15) is 18.4 Å². The van der Waals surface area contributed by atoms with Crippen LogP contribution in [0.25, 0.3) is 0 Å². The van der Waals surface area contributed by atoms with Gasteiger partial charge in [0, 0.05) is 19.1 Å². The van der Waals surface area contributed by atoms with Crippen molar-refractivity contribution in [2.45, 2.75) is 25.8 Å². The first-order valence-electron chi connectivity index (χ1n) is 6.31. The van der Waals surface area contributed by atoms with Gasteiger partial charge in [0.15, 0.2) is 0 Å². The Balaban J connectivity index is 2.12. The quantitative estimate of drug-likeness (QED) is 0.867. The molecular formula is C14H22N2O. The smallest absolute Gasteiger partial charge is 0.142 e. The lowest BCUT2D eigenvalue weighted by atomic mass is 10.0. The molecule has 0 saturated carbocycles. The molecule has 0 atom stereocenters. The number of rotatable bonds is 3. The molecule has 0 aliphatic carbocycles. The third kappa shape index (κ3) is 2.72. The van der Waals surface area contributed by atoms with Crippen LogP contribution < -0.4 is 15.0 Å². The lowest BCUT2D eigenvalue weighted by Crippen LogP contribution is -2.41. The zero-order chi connectivity index (χ0) is 12.3. The molecule has 0 unspecified atom stereocenters. The van der Waals surface area contributed by atoms with Gasteiger partial charge in [-0.2, -0.15) is 0 Å². The molecule has 3 nitrogen and oxygen atoms in total. The highest BCUT2D eigenvalue weighted by atomic mass is 16.5. The van der Waals surface area contributed by atoms with Gasteiger partial charge in [-0.05, 0) is 44.5 Å². The molecule has 1 fully saturated rings. The van der Waals surface area contributed by atoms with Gasteiger partial charge in [-0.15, -0.1) is 0 Å². The Morgan fingerprint density at radius 1 is 1.29 bits per heavy atom. The number of benzene rings is 1. The third-order valence-electron chi connectivity index (χ3n) is 3.58. The first kappa shape index (κ1) is 12.2. The van der Waals surface area contributed by atoms with Crippen LogP contribution >= 0.6 is 0 Å². The summed E-state index contributed by atoms with van der Waals surface area (Å²) in [6.45, 7) is 4.30. The van der Waals surface area contributed by atoms with Crippen LogP contribution in [-0.2, 0) is 0 Å². The van der Waals surface area contributed by atoms with E-state index in [1.807, 2.05) is 7.05 Å². The summed E-state index contributed by atoms with van der Waals surface area (Å²) in [6.07, 6.45) is 2.40. The SMILES string of the molecule is CNC1CCN(c2ccc(C)cc2OC)CC1. The Labute approximate surface area is 104 Å². The number of aryl methyl sites for hydroxylation is 1. The number of piperidine rings is 1. The molecule has 1 aromatic carbocycles. The molecule has 1 heterocycles. The summed E-state index contributed by atoms with van der Waals surface area (Å²) in [5.41, 5.74) is 2.48. The topological polar surface area (TPSA) is 24.5 Å². The zero-order valence-electron chi connectivity index (χ0n) is 11.0. The summed E-state index contributed by atoms with van der Waals surface area (Å²) in [4.78, 5) is 2.42.